The highest BCUT2D eigenvalue weighted by Crippen LogP contribution is 2.09. The van der Waals surface area contributed by atoms with E-state index in [4.69, 9.17) is 0 Å². The predicted molar refractivity (Wildman–Crippen MR) is 96.5 cm³/mol. The molecular formula is C20H22N2O2. The third-order valence-electron chi connectivity index (χ3n) is 3.73. The standard InChI is InChI=1S/C20H22N2O2/c1-15-4-6-16(7-5-15)10-13-19(23)22(3)14-17-8-11-18(12-9-17)20(24)21-2/h4-13H,14H2,1-3H3,(H,21,24)/b13-10+. The van der Waals surface area contributed by atoms with E-state index >= 15 is 0 Å². The molecule has 4 nitrogen and oxygen atoms in total. The summed E-state index contributed by atoms with van der Waals surface area (Å²) in [5, 5.41) is 2.58. The molecule has 0 fully saturated rings. The van der Waals surface area contributed by atoms with Crippen LogP contribution in [0.4, 0.5) is 0 Å². The number of likely N-dealkylation sites (N-methyl/N-ethyl adjacent to an activating group) is 1. The van der Waals surface area contributed by atoms with Gasteiger partial charge in [0.2, 0.25) is 5.91 Å². The van der Waals surface area contributed by atoms with Gasteiger partial charge in [-0.2, -0.15) is 0 Å². The zero-order chi connectivity index (χ0) is 17.5. The van der Waals surface area contributed by atoms with E-state index in [1.54, 1.807) is 37.2 Å². The smallest absolute Gasteiger partial charge is 0.251 e. The third kappa shape index (κ3) is 4.81. The molecule has 0 radical (unpaired) electrons. The van der Waals surface area contributed by atoms with Gasteiger partial charge in [-0.25, -0.2) is 0 Å². The molecule has 124 valence electrons. The van der Waals surface area contributed by atoms with E-state index in [2.05, 4.69) is 5.32 Å². The first kappa shape index (κ1) is 17.5. The third-order valence-corrected chi connectivity index (χ3v) is 3.73. The van der Waals surface area contributed by atoms with Crippen LogP contribution >= 0.6 is 0 Å². The van der Waals surface area contributed by atoms with Gasteiger partial charge in [0.1, 0.15) is 0 Å². The minimum Gasteiger partial charge on any atom is -0.355 e. The van der Waals surface area contributed by atoms with Crippen molar-refractivity contribution in [1.29, 1.82) is 0 Å². The Morgan fingerprint density at radius 3 is 2.25 bits per heavy atom. The second kappa shape index (κ2) is 8.11. The van der Waals surface area contributed by atoms with Crippen LogP contribution in [-0.2, 0) is 11.3 Å². The molecule has 0 saturated carbocycles. The lowest BCUT2D eigenvalue weighted by atomic mass is 10.1. The Hall–Kier alpha value is -2.88. The number of amides is 2. The molecule has 0 saturated heterocycles. The van der Waals surface area contributed by atoms with Gasteiger partial charge < -0.3 is 10.2 Å². The normalized spacial score (nSPS) is 10.6. The monoisotopic (exact) mass is 322 g/mol. The summed E-state index contributed by atoms with van der Waals surface area (Å²) in [6, 6.07) is 15.2. The van der Waals surface area contributed by atoms with Crippen LogP contribution in [-0.4, -0.2) is 30.8 Å². The minimum atomic E-state index is -0.119. The summed E-state index contributed by atoms with van der Waals surface area (Å²) >= 11 is 0. The van der Waals surface area contributed by atoms with E-state index < -0.39 is 0 Å². The summed E-state index contributed by atoms with van der Waals surface area (Å²) < 4.78 is 0. The maximum absolute atomic E-state index is 12.2. The molecule has 4 heteroatoms. The summed E-state index contributed by atoms with van der Waals surface area (Å²) in [4.78, 5) is 25.3. The van der Waals surface area contributed by atoms with E-state index in [1.165, 1.54) is 5.56 Å². The second-order valence-corrected chi connectivity index (χ2v) is 5.71. The molecule has 0 aliphatic heterocycles. The number of nitrogens with zero attached hydrogens (tertiary/aromatic N) is 1. The van der Waals surface area contributed by atoms with Crippen LogP contribution in [0.15, 0.2) is 54.6 Å². The first-order chi connectivity index (χ1) is 11.5. The number of carbonyl (C=O) groups excluding carboxylic acids is 2. The first-order valence-electron chi connectivity index (χ1n) is 7.80. The number of carbonyl (C=O) groups is 2. The highest BCUT2D eigenvalue weighted by Gasteiger charge is 2.07. The van der Waals surface area contributed by atoms with Crippen molar-refractivity contribution in [3.05, 3.63) is 76.9 Å². The van der Waals surface area contributed by atoms with Crippen molar-refractivity contribution < 1.29 is 9.59 Å². The Labute approximate surface area is 142 Å². The molecule has 0 spiro atoms. The van der Waals surface area contributed by atoms with Gasteiger partial charge in [-0.05, 0) is 36.3 Å². The van der Waals surface area contributed by atoms with Crippen molar-refractivity contribution in [2.24, 2.45) is 0 Å². The van der Waals surface area contributed by atoms with Gasteiger partial charge in [-0.3, -0.25) is 9.59 Å². The fourth-order valence-electron chi connectivity index (χ4n) is 2.23. The molecule has 0 bridgehead atoms. The SMILES string of the molecule is CNC(=O)c1ccc(CN(C)C(=O)/C=C/c2ccc(C)cc2)cc1. The molecule has 2 aromatic rings. The van der Waals surface area contributed by atoms with Crippen molar-refractivity contribution in [3.63, 3.8) is 0 Å². The molecule has 0 aliphatic rings. The summed E-state index contributed by atoms with van der Waals surface area (Å²) in [5.74, 6) is -0.182. The average Bonchev–Trinajstić information content (AvgIpc) is 2.60. The maximum Gasteiger partial charge on any atom is 0.251 e. The Bertz CT molecular complexity index is 731. The van der Waals surface area contributed by atoms with Crippen LogP contribution in [0, 0.1) is 6.92 Å². The van der Waals surface area contributed by atoms with E-state index in [0.717, 1.165) is 11.1 Å². The van der Waals surface area contributed by atoms with Crippen molar-refractivity contribution in [2.45, 2.75) is 13.5 Å². The van der Waals surface area contributed by atoms with Crippen LogP contribution in [0.25, 0.3) is 6.08 Å². The van der Waals surface area contributed by atoms with E-state index in [9.17, 15) is 9.59 Å². The zero-order valence-electron chi connectivity index (χ0n) is 14.2. The Morgan fingerprint density at radius 2 is 1.67 bits per heavy atom. The van der Waals surface area contributed by atoms with Crippen molar-refractivity contribution in [3.8, 4) is 0 Å². The summed E-state index contributed by atoms with van der Waals surface area (Å²) in [6.07, 6.45) is 3.39. The highest BCUT2D eigenvalue weighted by atomic mass is 16.2. The largest absolute Gasteiger partial charge is 0.355 e. The van der Waals surface area contributed by atoms with E-state index in [1.807, 2.05) is 49.4 Å². The van der Waals surface area contributed by atoms with Gasteiger partial charge >= 0.3 is 0 Å². The maximum atomic E-state index is 12.2. The molecule has 2 rings (SSSR count). The lowest BCUT2D eigenvalue weighted by Crippen LogP contribution is -2.24. The fourth-order valence-corrected chi connectivity index (χ4v) is 2.23. The second-order valence-electron chi connectivity index (χ2n) is 5.71. The number of nitrogens with one attached hydrogen (secondary N) is 1. The Morgan fingerprint density at radius 1 is 1.04 bits per heavy atom. The first-order valence-corrected chi connectivity index (χ1v) is 7.80. The van der Waals surface area contributed by atoms with Crippen LogP contribution < -0.4 is 5.32 Å². The highest BCUT2D eigenvalue weighted by molar-refractivity contribution is 5.94. The predicted octanol–water partition coefficient (Wildman–Crippen LogP) is 3.03. The van der Waals surface area contributed by atoms with Crippen LogP contribution in [0.3, 0.4) is 0 Å². The minimum absolute atomic E-state index is 0.0639. The van der Waals surface area contributed by atoms with Crippen LogP contribution in [0.1, 0.15) is 27.0 Å². The molecule has 0 atom stereocenters. The number of hydrogen-bond donors (Lipinski definition) is 1. The molecule has 1 N–H and O–H groups in total. The van der Waals surface area contributed by atoms with E-state index in [0.29, 0.717) is 12.1 Å². The van der Waals surface area contributed by atoms with Crippen LogP contribution in [0.2, 0.25) is 0 Å². The lowest BCUT2D eigenvalue weighted by molar-refractivity contribution is -0.125. The fraction of sp³-hybridized carbons (Fsp3) is 0.200. The van der Waals surface area contributed by atoms with Gasteiger partial charge in [0.05, 0.1) is 0 Å². The summed E-state index contributed by atoms with van der Waals surface area (Å²) in [5.41, 5.74) is 3.77. The van der Waals surface area contributed by atoms with Crippen molar-refractivity contribution >= 4 is 17.9 Å². The van der Waals surface area contributed by atoms with Crippen molar-refractivity contribution in [2.75, 3.05) is 14.1 Å². The molecule has 24 heavy (non-hydrogen) atoms. The van der Waals surface area contributed by atoms with E-state index in [-0.39, 0.29) is 11.8 Å². The number of benzene rings is 2. The van der Waals surface area contributed by atoms with Gasteiger partial charge in [0, 0.05) is 32.3 Å². The molecule has 2 aromatic carbocycles. The average molecular weight is 322 g/mol. The van der Waals surface area contributed by atoms with Gasteiger partial charge in [-0.1, -0.05) is 42.0 Å². The quantitative estimate of drug-likeness (QED) is 0.860. The number of hydrogen-bond acceptors (Lipinski definition) is 2. The zero-order valence-corrected chi connectivity index (χ0v) is 14.2. The summed E-state index contributed by atoms with van der Waals surface area (Å²) in [6.45, 7) is 2.52. The van der Waals surface area contributed by atoms with Gasteiger partial charge in [0.25, 0.3) is 5.91 Å². The molecule has 0 unspecified atom stereocenters. The van der Waals surface area contributed by atoms with Gasteiger partial charge in [-0.15, -0.1) is 0 Å². The Kier molecular flexibility index (Phi) is 5.90. The molecule has 2 amide bonds. The number of aryl methyl sites for hydroxylation is 1. The molecular weight excluding hydrogens is 300 g/mol. The lowest BCUT2D eigenvalue weighted by Gasteiger charge is -2.15. The van der Waals surface area contributed by atoms with Crippen molar-refractivity contribution in [1.82, 2.24) is 10.2 Å². The number of rotatable bonds is 5. The summed E-state index contributed by atoms with van der Waals surface area (Å²) in [7, 11) is 3.36. The Balaban J connectivity index is 1.95. The topological polar surface area (TPSA) is 49.4 Å². The molecule has 0 aromatic heterocycles. The molecule has 0 heterocycles. The molecule has 0 aliphatic carbocycles. The van der Waals surface area contributed by atoms with Gasteiger partial charge in [0.15, 0.2) is 0 Å². The van der Waals surface area contributed by atoms with Crippen LogP contribution in [0.5, 0.6) is 0 Å².